The van der Waals surface area contributed by atoms with Crippen molar-refractivity contribution in [3.05, 3.63) is 66.1 Å². The van der Waals surface area contributed by atoms with Gasteiger partial charge in [0.2, 0.25) is 0 Å². The summed E-state index contributed by atoms with van der Waals surface area (Å²) in [6, 6.07) is 17.0. The number of aryl methyl sites for hydroxylation is 2. The molecule has 0 saturated heterocycles. The van der Waals surface area contributed by atoms with Crippen LogP contribution in [0.15, 0.2) is 54.7 Å². The first-order valence-corrected chi connectivity index (χ1v) is 11.9. The summed E-state index contributed by atoms with van der Waals surface area (Å²) in [4.78, 5) is 9.29. The molecule has 0 saturated carbocycles. The third-order valence-electron chi connectivity index (χ3n) is 4.17. The number of rotatable bonds is 3. The maximum atomic E-state index is 4.77. The van der Waals surface area contributed by atoms with Gasteiger partial charge >= 0.3 is 0 Å². The molecule has 0 atom stereocenters. The SMILES string of the molecule is Cc1cc(-c2cc(-c3ccccc3)ncc2[Si](C)(C)C)cc(C)n1. The Morgan fingerprint density at radius 3 is 2.00 bits per heavy atom. The van der Waals surface area contributed by atoms with Crippen LogP contribution in [0.4, 0.5) is 0 Å². The zero-order chi connectivity index (χ0) is 17.3. The van der Waals surface area contributed by atoms with Crippen molar-refractivity contribution in [2.24, 2.45) is 0 Å². The largest absolute Gasteiger partial charge is 0.258 e. The fourth-order valence-corrected chi connectivity index (χ4v) is 4.52. The molecule has 0 unspecified atom stereocenters. The average Bonchev–Trinajstić information content (AvgIpc) is 2.53. The van der Waals surface area contributed by atoms with Gasteiger partial charge in [0.25, 0.3) is 0 Å². The summed E-state index contributed by atoms with van der Waals surface area (Å²) in [6.45, 7) is 11.2. The minimum atomic E-state index is -1.50. The van der Waals surface area contributed by atoms with E-state index in [0.29, 0.717) is 0 Å². The lowest BCUT2D eigenvalue weighted by Gasteiger charge is -2.22. The van der Waals surface area contributed by atoms with E-state index in [1.165, 1.54) is 16.3 Å². The van der Waals surface area contributed by atoms with Crippen LogP contribution >= 0.6 is 0 Å². The first kappa shape index (κ1) is 16.6. The van der Waals surface area contributed by atoms with Crippen LogP contribution in [0.2, 0.25) is 19.6 Å². The first-order chi connectivity index (χ1) is 11.3. The van der Waals surface area contributed by atoms with Crippen LogP contribution in [-0.2, 0) is 0 Å². The van der Waals surface area contributed by atoms with Gasteiger partial charge in [0.05, 0.1) is 13.8 Å². The van der Waals surface area contributed by atoms with Crippen molar-refractivity contribution in [1.29, 1.82) is 0 Å². The van der Waals surface area contributed by atoms with E-state index in [4.69, 9.17) is 4.98 Å². The summed E-state index contributed by atoms with van der Waals surface area (Å²) in [7, 11) is -1.50. The van der Waals surface area contributed by atoms with E-state index in [1.807, 2.05) is 6.07 Å². The number of hydrogen-bond donors (Lipinski definition) is 0. The fourth-order valence-electron chi connectivity index (χ4n) is 3.05. The molecule has 0 aliphatic rings. The molecule has 0 fully saturated rings. The molecule has 2 aromatic heterocycles. The highest BCUT2D eigenvalue weighted by Crippen LogP contribution is 2.26. The van der Waals surface area contributed by atoms with Crippen LogP contribution in [0.1, 0.15) is 11.4 Å². The van der Waals surface area contributed by atoms with Gasteiger partial charge in [0.15, 0.2) is 0 Å². The third-order valence-corrected chi connectivity index (χ3v) is 6.19. The van der Waals surface area contributed by atoms with Crippen LogP contribution in [0, 0.1) is 13.8 Å². The van der Waals surface area contributed by atoms with E-state index in [0.717, 1.165) is 22.6 Å². The normalized spacial score (nSPS) is 11.5. The number of nitrogens with zero attached hydrogens (tertiary/aromatic N) is 2. The molecule has 2 nitrogen and oxygen atoms in total. The minimum Gasteiger partial charge on any atom is -0.258 e. The zero-order valence-corrected chi connectivity index (χ0v) is 16.1. The Balaban J connectivity index is 2.24. The quantitative estimate of drug-likeness (QED) is 0.633. The van der Waals surface area contributed by atoms with Gasteiger partial charge in [-0.15, -0.1) is 0 Å². The Bertz CT molecular complexity index is 845. The fraction of sp³-hybridized carbons (Fsp3) is 0.238. The number of benzene rings is 1. The summed E-state index contributed by atoms with van der Waals surface area (Å²) in [5.74, 6) is 0. The Kier molecular flexibility index (Phi) is 4.37. The molecule has 0 amide bonds. The highest BCUT2D eigenvalue weighted by molar-refractivity contribution is 6.89. The van der Waals surface area contributed by atoms with E-state index in [9.17, 15) is 0 Å². The number of hydrogen-bond acceptors (Lipinski definition) is 2. The van der Waals surface area contributed by atoms with E-state index >= 15 is 0 Å². The predicted octanol–water partition coefficient (Wildman–Crippen LogP) is 4.97. The van der Waals surface area contributed by atoms with Gasteiger partial charge in [-0.25, -0.2) is 0 Å². The van der Waals surface area contributed by atoms with Crippen molar-refractivity contribution >= 4 is 13.3 Å². The van der Waals surface area contributed by atoms with Crippen molar-refractivity contribution < 1.29 is 0 Å². The van der Waals surface area contributed by atoms with Crippen molar-refractivity contribution in [3.8, 4) is 22.4 Å². The molecule has 24 heavy (non-hydrogen) atoms. The Hall–Kier alpha value is -2.26. The molecule has 0 radical (unpaired) electrons. The lowest BCUT2D eigenvalue weighted by Crippen LogP contribution is -2.39. The van der Waals surface area contributed by atoms with E-state index in [-0.39, 0.29) is 0 Å². The first-order valence-electron chi connectivity index (χ1n) is 8.36. The average molecular weight is 333 g/mol. The summed E-state index contributed by atoms with van der Waals surface area (Å²) >= 11 is 0. The van der Waals surface area contributed by atoms with Gasteiger partial charge in [-0.3, -0.25) is 9.97 Å². The van der Waals surface area contributed by atoms with E-state index in [2.05, 4.69) is 87.1 Å². The summed E-state index contributed by atoms with van der Waals surface area (Å²) in [6.07, 6.45) is 2.09. The lowest BCUT2D eigenvalue weighted by atomic mass is 10.0. The minimum absolute atomic E-state index is 1.03. The molecule has 0 aliphatic heterocycles. The van der Waals surface area contributed by atoms with Crippen LogP contribution in [0.3, 0.4) is 0 Å². The highest BCUT2D eigenvalue weighted by Gasteiger charge is 2.22. The maximum absolute atomic E-state index is 4.77. The Morgan fingerprint density at radius 2 is 1.42 bits per heavy atom. The van der Waals surface area contributed by atoms with Crippen LogP contribution in [0.5, 0.6) is 0 Å². The summed E-state index contributed by atoms with van der Waals surface area (Å²) < 4.78 is 0. The highest BCUT2D eigenvalue weighted by atomic mass is 28.3. The van der Waals surface area contributed by atoms with Gasteiger partial charge in [-0.05, 0) is 48.4 Å². The molecular formula is C21H24N2Si. The topological polar surface area (TPSA) is 25.8 Å². The van der Waals surface area contributed by atoms with Gasteiger partial charge in [-0.2, -0.15) is 0 Å². The Labute approximate surface area is 145 Å². The van der Waals surface area contributed by atoms with Gasteiger partial charge in [0, 0.05) is 23.1 Å². The summed E-state index contributed by atoms with van der Waals surface area (Å²) in [5, 5.41) is 1.40. The van der Waals surface area contributed by atoms with Crippen molar-refractivity contribution in [3.63, 3.8) is 0 Å². The molecule has 3 heteroatoms. The molecule has 122 valence electrons. The lowest BCUT2D eigenvalue weighted by molar-refractivity contribution is 1.12. The van der Waals surface area contributed by atoms with Gasteiger partial charge in [0.1, 0.15) is 0 Å². The molecular weight excluding hydrogens is 308 g/mol. The number of pyridine rings is 2. The second-order valence-corrected chi connectivity index (χ2v) is 12.4. The van der Waals surface area contributed by atoms with Crippen molar-refractivity contribution in [2.45, 2.75) is 33.5 Å². The predicted molar refractivity (Wildman–Crippen MR) is 105 cm³/mol. The maximum Gasteiger partial charge on any atom is 0.0804 e. The van der Waals surface area contributed by atoms with Crippen LogP contribution in [-0.4, -0.2) is 18.0 Å². The molecule has 2 heterocycles. The van der Waals surface area contributed by atoms with Gasteiger partial charge < -0.3 is 0 Å². The second-order valence-electron chi connectivity index (χ2n) is 7.37. The summed E-state index contributed by atoms with van der Waals surface area (Å²) in [5.41, 5.74) is 6.85. The third kappa shape index (κ3) is 3.46. The molecule has 3 aromatic rings. The molecule has 3 rings (SSSR count). The molecule has 1 aromatic carbocycles. The second kappa shape index (κ2) is 6.33. The molecule has 0 spiro atoms. The number of aromatic nitrogens is 2. The van der Waals surface area contributed by atoms with Crippen LogP contribution < -0.4 is 5.19 Å². The molecule has 0 N–H and O–H groups in total. The van der Waals surface area contributed by atoms with Crippen molar-refractivity contribution in [1.82, 2.24) is 9.97 Å². The Morgan fingerprint density at radius 1 is 0.792 bits per heavy atom. The zero-order valence-electron chi connectivity index (χ0n) is 15.1. The van der Waals surface area contributed by atoms with Gasteiger partial charge in [-0.1, -0.05) is 50.0 Å². The standard InChI is InChI=1S/C21H24N2Si/c1-15-11-18(12-16(2)23-15)19-13-20(17-9-7-6-8-10-17)22-14-21(19)24(3,4)5/h6-14H,1-5H3. The van der Waals surface area contributed by atoms with E-state index in [1.54, 1.807) is 0 Å². The smallest absolute Gasteiger partial charge is 0.0804 e. The van der Waals surface area contributed by atoms with Crippen molar-refractivity contribution in [2.75, 3.05) is 0 Å². The molecule has 0 bridgehead atoms. The van der Waals surface area contributed by atoms with E-state index < -0.39 is 8.07 Å². The molecule has 0 aliphatic carbocycles. The van der Waals surface area contributed by atoms with Crippen LogP contribution in [0.25, 0.3) is 22.4 Å². The monoisotopic (exact) mass is 332 g/mol.